The van der Waals surface area contributed by atoms with Gasteiger partial charge < -0.3 is 10.1 Å². The maximum atomic E-state index is 11.7. The fraction of sp³-hybridized carbons (Fsp3) is 0.750. The van der Waals surface area contributed by atoms with E-state index in [0.717, 1.165) is 38.6 Å². The standard InChI is InChI=1S/C16H27N3O2/c1-4-15-13(11-19(3)18-15)10-17-14-8-6-12(7-9-14)16(20)21-5-2/h11-12,14,17H,4-10H2,1-3H3. The Bertz CT molecular complexity index is 462. The summed E-state index contributed by atoms with van der Waals surface area (Å²) < 4.78 is 6.99. The van der Waals surface area contributed by atoms with Gasteiger partial charge in [0.25, 0.3) is 0 Å². The van der Waals surface area contributed by atoms with Crippen LogP contribution in [0.1, 0.15) is 50.8 Å². The third-order valence-corrected chi connectivity index (χ3v) is 4.25. The van der Waals surface area contributed by atoms with Crippen LogP contribution in [0, 0.1) is 5.92 Å². The van der Waals surface area contributed by atoms with Crippen molar-refractivity contribution >= 4 is 5.97 Å². The molecule has 1 aliphatic rings. The van der Waals surface area contributed by atoms with E-state index in [1.807, 2.05) is 18.7 Å². The summed E-state index contributed by atoms with van der Waals surface area (Å²) in [5, 5.41) is 8.08. The lowest BCUT2D eigenvalue weighted by atomic mass is 9.86. The van der Waals surface area contributed by atoms with E-state index in [9.17, 15) is 4.79 Å². The van der Waals surface area contributed by atoms with Gasteiger partial charge in [0.15, 0.2) is 0 Å². The molecule has 1 aliphatic carbocycles. The lowest BCUT2D eigenvalue weighted by Gasteiger charge is -2.27. The van der Waals surface area contributed by atoms with Crippen LogP contribution in [-0.2, 0) is 29.5 Å². The average molecular weight is 293 g/mol. The zero-order valence-corrected chi connectivity index (χ0v) is 13.4. The van der Waals surface area contributed by atoms with Gasteiger partial charge in [-0.05, 0) is 39.0 Å². The zero-order valence-electron chi connectivity index (χ0n) is 13.4. The fourth-order valence-electron chi connectivity index (χ4n) is 3.08. The summed E-state index contributed by atoms with van der Waals surface area (Å²) in [5.41, 5.74) is 2.46. The minimum Gasteiger partial charge on any atom is -0.466 e. The van der Waals surface area contributed by atoms with Crippen molar-refractivity contribution in [3.05, 3.63) is 17.5 Å². The summed E-state index contributed by atoms with van der Waals surface area (Å²) in [5.74, 6) is 0.0871. The van der Waals surface area contributed by atoms with Crippen molar-refractivity contribution in [2.75, 3.05) is 6.61 Å². The quantitative estimate of drug-likeness (QED) is 0.817. The average Bonchev–Trinajstić information content (AvgIpc) is 2.86. The van der Waals surface area contributed by atoms with Gasteiger partial charge in [-0.2, -0.15) is 5.10 Å². The number of hydrogen-bond acceptors (Lipinski definition) is 4. The van der Waals surface area contributed by atoms with Gasteiger partial charge in [-0.15, -0.1) is 0 Å². The van der Waals surface area contributed by atoms with Gasteiger partial charge in [-0.1, -0.05) is 6.92 Å². The summed E-state index contributed by atoms with van der Waals surface area (Å²) in [4.78, 5) is 11.7. The maximum Gasteiger partial charge on any atom is 0.308 e. The van der Waals surface area contributed by atoms with Crippen molar-refractivity contribution in [3.63, 3.8) is 0 Å². The first-order valence-corrected chi connectivity index (χ1v) is 8.05. The van der Waals surface area contributed by atoms with Crippen LogP contribution in [0.5, 0.6) is 0 Å². The molecule has 1 aromatic rings. The van der Waals surface area contributed by atoms with E-state index >= 15 is 0 Å². The first-order valence-electron chi connectivity index (χ1n) is 8.05. The Morgan fingerprint density at radius 3 is 2.71 bits per heavy atom. The largest absolute Gasteiger partial charge is 0.466 e. The monoisotopic (exact) mass is 293 g/mol. The second-order valence-corrected chi connectivity index (χ2v) is 5.81. The normalized spacial score (nSPS) is 22.2. The summed E-state index contributed by atoms with van der Waals surface area (Å²) in [6.45, 7) is 5.35. The Morgan fingerprint density at radius 1 is 1.38 bits per heavy atom. The van der Waals surface area contributed by atoms with E-state index in [1.54, 1.807) is 0 Å². The second-order valence-electron chi connectivity index (χ2n) is 5.81. The highest BCUT2D eigenvalue weighted by Gasteiger charge is 2.27. The molecule has 2 rings (SSSR count). The van der Waals surface area contributed by atoms with Gasteiger partial charge in [0.1, 0.15) is 0 Å². The number of hydrogen-bond donors (Lipinski definition) is 1. The molecule has 0 spiro atoms. The van der Waals surface area contributed by atoms with Gasteiger partial charge in [-0.25, -0.2) is 0 Å². The van der Waals surface area contributed by atoms with Crippen LogP contribution in [0.15, 0.2) is 6.20 Å². The Morgan fingerprint density at radius 2 is 2.10 bits per heavy atom. The molecule has 21 heavy (non-hydrogen) atoms. The number of carbonyl (C=O) groups excluding carboxylic acids is 1. The van der Waals surface area contributed by atoms with Gasteiger partial charge in [-0.3, -0.25) is 9.48 Å². The van der Waals surface area contributed by atoms with Gasteiger partial charge in [0.05, 0.1) is 18.2 Å². The molecule has 0 amide bonds. The smallest absolute Gasteiger partial charge is 0.308 e. The highest BCUT2D eigenvalue weighted by molar-refractivity contribution is 5.72. The number of esters is 1. The molecule has 1 saturated carbocycles. The molecular weight excluding hydrogens is 266 g/mol. The highest BCUT2D eigenvalue weighted by Crippen LogP contribution is 2.25. The van der Waals surface area contributed by atoms with Crippen LogP contribution >= 0.6 is 0 Å². The topological polar surface area (TPSA) is 56.1 Å². The van der Waals surface area contributed by atoms with E-state index in [2.05, 4.69) is 23.5 Å². The molecule has 0 atom stereocenters. The van der Waals surface area contributed by atoms with E-state index in [-0.39, 0.29) is 11.9 Å². The predicted molar refractivity (Wildman–Crippen MR) is 81.8 cm³/mol. The van der Waals surface area contributed by atoms with E-state index < -0.39 is 0 Å². The number of rotatable bonds is 6. The summed E-state index contributed by atoms with van der Waals surface area (Å²) in [7, 11) is 1.97. The molecule has 5 nitrogen and oxygen atoms in total. The van der Waals surface area contributed by atoms with E-state index in [0.29, 0.717) is 12.6 Å². The van der Waals surface area contributed by atoms with Crippen molar-refractivity contribution in [3.8, 4) is 0 Å². The zero-order chi connectivity index (χ0) is 15.2. The minimum absolute atomic E-state index is 0.0171. The SMILES string of the molecule is CCOC(=O)C1CCC(NCc2cn(C)nc2CC)CC1. The van der Waals surface area contributed by atoms with Gasteiger partial charge in [0, 0.05) is 31.4 Å². The second kappa shape index (κ2) is 7.59. The Balaban J connectivity index is 1.77. The number of carbonyl (C=O) groups is 1. The molecule has 5 heteroatoms. The summed E-state index contributed by atoms with van der Waals surface area (Å²) in [6.07, 6.45) is 7.02. The highest BCUT2D eigenvalue weighted by atomic mass is 16.5. The predicted octanol–water partition coefficient (Wildman–Crippen LogP) is 2.19. The Labute approximate surface area is 127 Å². The molecule has 0 radical (unpaired) electrons. The molecule has 1 heterocycles. The lowest BCUT2D eigenvalue weighted by molar-refractivity contribution is -0.149. The van der Waals surface area contributed by atoms with Gasteiger partial charge >= 0.3 is 5.97 Å². The van der Waals surface area contributed by atoms with Crippen LogP contribution in [0.25, 0.3) is 0 Å². The van der Waals surface area contributed by atoms with E-state index in [1.165, 1.54) is 11.3 Å². The minimum atomic E-state index is -0.0171. The van der Waals surface area contributed by atoms with Crippen molar-refractivity contribution in [1.29, 1.82) is 0 Å². The van der Waals surface area contributed by atoms with Crippen LogP contribution in [0.4, 0.5) is 0 Å². The van der Waals surface area contributed by atoms with Crippen molar-refractivity contribution in [1.82, 2.24) is 15.1 Å². The van der Waals surface area contributed by atoms with Gasteiger partial charge in [0.2, 0.25) is 0 Å². The molecule has 118 valence electrons. The molecule has 0 saturated heterocycles. The number of nitrogens with one attached hydrogen (secondary N) is 1. The van der Waals surface area contributed by atoms with Crippen molar-refractivity contribution in [2.24, 2.45) is 13.0 Å². The first-order chi connectivity index (χ1) is 10.1. The van der Waals surface area contributed by atoms with Crippen LogP contribution in [-0.4, -0.2) is 28.4 Å². The van der Waals surface area contributed by atoms with Crippen LogP contribution in [0.3, 0.4) is 0 Å². The number of ether oxygens (including phenoxy) is 1. The molecule has 1 fully saturated rings. The maximum absolute atomic E-state index is 11.7. The molecule has 0 aromatic carbocycles. The molecule has 0 unspecified atom stereocenters. The molecule has 1 N–H and O–H groups in total. The lowest BCUT2D eigenvalue weighted by Crippen LogP contribution is -2.35. The van der Waals surface area contributed by atoms with Crippen LogP contribution in [0.2, 0.25) is 0 Å². The molecular formula is C16H27N3O2. The van der Waals surface area contributed by atoms with Crippen molar-refractivity contribution in [2.45, 2.75) is 58.5 Å². The van der Waals surface area contributed by atoms with Crippen LogP contribution < -0.4 is 5.32 Å². The number of aromatic nitrogens is 2. The molecule has 0 aliphatic heterocycles. The summed E-state index contributed by atoms with van der Waals surface area (Å²) in [6, 6.07) is 0.501. The first kappa shape index (κ1) is 16.0. The van der Waals surface area contributed by atoms with Crippen molar-refractivity contribution < 1.29 is 9.53 Å². The summed E-state index contributed by atoms with van der Waals surface area (Å²) >= 11 is 0. The third-order valence-electron chi connectivity index (χ3n) is 4.25. The third kappa shape index (κ3) is 4.30. The number of nitrogens with zero attached hydrogens (tertiary/aromatic N) is 2. The Kier molecular flexibility index (Phi) is 5.79. The number of aryl methyl sites for hydroxylation is 2. The molecule has 0 bridgehead atoms. The molecule has 1 aromatic heterocycles. The fourth-order valence-corrected chi connectivity index (χ4v) is 3.08. The van der Waals surface area contributed by atoms with E-state index in [4.69, 9.17) is 4.74 Å². The Hall–Kier alpha value is -1.36.